The molecule has 2 rings (SSSR count). The predicted octanol–water partition coefficient (Wildman–Crippen LogP) is 2.33. The van der Waals surface area contributed by atoms with Crippen molar-refractivity contribution < 1.29 is 9.50 Å². The van der Waals surface area contributed by atoms with E-state index in [1.807, 2.05) is 0 Å². The summed E-state index contributed by atoms with van der Waals surface area (Å²) >= 11 is 0. The highest BCUT2D eigenvalue weighted by atomic mass is 19.1. The lowest BCUT2D eigenvalue weighted by Gasteiger charge is -2.12. The lowest BCUT2D eigenvalue weighted by atomic mass is 10.0. The SMILES string of the molecule is N[C@H](CC1CC1)c1ccc(O)cc1F. The van der Waals surface area contributed by atoms with Crippen LogP contribution in [0, 0.1) is 11.7 Å². The first-order valence-electron chi connectivity index (χ1n) is 4.91. The van der Waals surface area contributed by atoms with Crippen molar-refractivity contribution in [3.05, 3.63) is 29.6 Å². The fourth-order valence-corrected chi connectivity index (χ4v) is 1.66. The molecule has 1 aromatic rings. The van der Waals surface area contributed by atoms with Gasteiger partial charge in [0.1, 0.15) is 11.6 Å². The van der Waals surface area contributed by atoms with E-state index in [1.54, 1.807) is 6.07 Å². The maximum absolute atomic E-state index is 13.3. The molecule has 76 valence electrons. The van der Waals surface area contributed by atoms with Crippen LogP contribution in [0.3, 0.4) is 0 Å². The molecule has 14 heavy (non-hydrogen) atoms. The van der Waals surface area contributed by atoms with E-state index in [1.165, 1.54) is 18.9 Å². The molecule has 1 fully saturated rings. The van der Waals surface area contributed by atoms with E-state index >= 15 is 0 Å². The molecule has 0 unspecified atom stereocenters. The van der Waals surface area contributed by atoms with Crippen LogP contribution in [0.5, 0.6) is 5.75 Å². The highest BCUT2D eigenvalue weighted by Crippen LogP contribution is 2.37. The van der Waals surface area contributed by atoms with Crippen LogP contribution in [0.4, 0.5) is 4.39 Å². The molecule has 0 spiro atoms. The van der Waals surface area contributed by atoms with Gasteiger partial charge in [-0.05, 0) is 18.4 Å². The summed E-state index contributed by atoms with van der Waals surface area (Å²) in [6.07, 6.45) is 3.28. The Morgan fingerprint density at radius 2 is 2.21 bits per heavy atom. The standard InChI is InChI=1S/C11H14FNO/c12-10-6-8(14)3-4-9(10)11(13)5-7-1-2-7/h3-4,6-7,11,14H,1-2,5,13H2/t11-/m1/s1. The Kier molecular flexibility index (Phi) is 2.42. The minimum Gasteiger partial charge on any atom is -0.508 e. The van der Waals surface area contributed by atoms with Gasteiger partial charge < -0.3 is 10.8 Å². The Labute approximate surface area is 82.5 Å². The summed E-state index contributed by atoms with van der Waals surface area (Å²) in [6, 6.07) is 3.92. The minimum atomic E-state index is -0.404. The molecule has 0 radical (unpaired) electrons. The van der Waals surface area contributed by atoms with Crippen LogP contribution < -0.4 is 5.73 Å². The van der Waals surface area contributed by atoms with Gasteiger partial charge in [0.25, 0.3) is 0 Å². The molecule has 0 aliphatic heterocycles. The van der Waals surface area contributed by atoms with Crippen molar-refractivity contribution in [3.63, 3.8) is 0 Å². The predicted molar refractivity (Wildman–Crippen MR) is 52.3 cm³/mol. The number of aromatic hydroxyl groups is 1. The van der Waals surface area contributed by atoms with E-state index in [-0.39, 0.29) is 11.8 Å². The molecule has 0 saturated heterocycles. The molecule has 0 aromatic heterocycles. The summed E-state index contributed by atoms with van der Waals surface area (Å²) in [7, 11) is 0. The monoisotopic (exact) mass is 195 g/mol. The van der Waals surface area contributed by atoms with Crippen LogP contribution in [0.2, 0.25) is 0 Å². The van der Waals surface area contributed by atoms with E-state index < -0.39 is 5.82 Å². The smallest absolute Gasteiger partial charge is 0.131 e. The van der Waals surface area contributed by atoms with Gasteiger partial charge in [0.15, 0.2) is 0 Å². The number of phenols is 1. The average molecular weight is 195 g/mol. The molecule has 0 heterocycles. The number of rotatable bonds is 3. The summed E-state index contributed by atoms with van der Waals surface area (Å²) in [5.41, 5.74) is 6.37. The Bertz CT molecular complexity index is 336. The number of hydrogen-bond acceptors (Lipinski definition) is 2. The van der Waals surface area contributed by atoms with Crippen molar-refractivity contribution >= 4 is 0 Å². The van der Waals surface area contributed by atoms with E-state index in [0.717, 1.165) is 12.5 Å². The molecule has 0 amide bonds. The van der Waals surface area contributed by atoms with Crippen LogP contribution in [-0.2, 0) is 0 Å². The molecule has 1 atom stereocenters. The van der Waals surface area contributed by atoms with Crippen LogP contribution in [0.25, 0.3) is 0 Å². The van der Waals surface area contributed by atoms with Crippen LogP contribution in [0.1, 0.15) is 30.9 Å². The fraction of sp³-hybridized carbons (Fsp3) is 0.455. The van der Waals surface area contributed by atoms with Gasteiger partial charge in [0.05, 0.1) is 0 Å². The lowest BCUT2D eigenvalue weighted by Crippen LogP contribution is -2.12. The second-order valence-electron chi connectivity index (χ2n) is 3.99. The van der Waals surface area contributed by atoms with Gasteiger partial charge in [-0.25, -0.2) is 4.39 Å². The van der Waals surface area contributed by atoms with Gasteiger partial charge in [0, 0.05) is 17.7 Å². The molecule has 0 bridgehead atoms. The van der Waals surface area contributed by atoms with Gasteiger partial charge in [-0.15, -0.1) is 0 Å². The van der Waals surface area contributed by atoms with E-state index in [9.17, 15) is 4.39 Å². The highest BCUT2D eigenvalue weighted by molar-refractivity contribution is 5.29. The molecule has 1 aliphatic rings. The summed E-state index contributed by atoms with van der Waals surface area (Å²) in [5, 5.41) is 9.03. The van der Waals surface area contributed by atoms with Crippen molar-refractivity contribution in [1.29, 1.82) is 0 Å². The van der Waals surface area contributed by atoms with Crippen LogP contribution in [0.15, 0.2) is 18.2 Å². The average Bonchev–Trinajstić information content (AvgIpc) is 2.87. The highest BCUT2D eigenvalue weighted by Gasteiger charge is 2.25. The molecule has 3 heteroatoms. The summed E-state index contributed by atoms with van der Waals surface area (Å²) in [5.74, 6) is 0.223. The number of nitrogens with two attached hydrogens (primary N) is 1. The maximum Gasteiger partial charge on any atom is 0.131 e. The molecule has 1 saturated carbocycles. The number of benzene rings is 1. The first kappa shape index (κ1) is 9.46. The molecular formula is C11H14FNO. The van der Waals surface area contributed by atoms with E-state index in [2.05, 4.69) is 0 Å². The Morgan fingerprint density at radius 3 is 2.79 bits per heavy atom. The van der Waals surface area contributed by atoms with Crippen molar-refractivity contribution in [2.45, 2.75) is 25.3 Å². The molecule has 2 nitrogen and oxygen atoms in total. The largest absolute Gasteiger partial charge is 0.508 e. The number of hydrogen-bond donors (Lipinski definition) is 2. The molecular weight excluding hydrogens is 181 g/mol. The second kappa shape index (κ2) is 3.58. The van der Waals surface area contributed by atoms with Crippen molar-refractivity contribution in [1.82, 2.24) is 0 Å². The summed E-state index contributed by atoms with van der Waals surface area (Å²) in [6.45, 7) is 0. The second-order valence-corrected chi connectivity index (χ2v) is 3.99. The lowest BCUT2D eigenvalue weighted by molar-refractivity contribution is 0.464. The Balaban J connectivity index is 2.13. The van der Waals surface area contributed by atoms with Gasteiger partial charge >= 0.3 is 0 Å². The topological polar surface area (TPSA) is 46.2 Å². The number of phenolic OH excluding ortho intramolecular Hbond substituents is 1. The maximum atomic E-state index is 13.3. The van der Waals surface area contributed by atoms with Gasteiger partial charge in [0.2, 0.25) is 0 Å². The zero-order chi connectivity index (χ0) is 10.1. The molecule has 1 aromatic carbocycles. The van der Waals surface area contributed by atoms with Crippen molar-refractivity contribution in [3.8, 4) is 5.75 Å². The summed E-state index contributed by atoms with van der Waals surface area (Å²) in [4.78, 5) is 0. The molecule has 3 N–H and O–H groups in total. The minimum absolute atomic E-state index is 0.0510. The Hall–Kier alpha value is -1.09. The third kappa shape index (κ3) is 2.04. The van der Waals surface area contributed by atoms with Crippen molar-refractivity contribution in [2.75, 3.05) is 0 Å². The van der Waals surface area contributed by atoms with Gasteiger partial charge in [-0.2, -0.15) is 0 Å². The molecule has 1 aliphatic carbocycles. The van der Waals surface area contributed by atoms with Gasteiger partial charge in [-0.3, -0.25) is 0 Å². The first-order valence-corrected chi connectivity index (χ1v) is 4.91. The van der Waals surface area contributed by atoms with E-state index in [4.69, 9.17) is 10.8 Å². The third-order valence-electron chi connectivity index (χ3n) is 2.67. The van der Waals surface area contributed by atoms with E-state index in [0.29, 0.717) is 11.5 Å². The Morgan fingerprint density at radius 1 is 1.50 bits per heavy atom. The van der Waals surface area contributed by atoms with Gasteiger partial charge in [-0.1, -0.05) is 18.9 Å². The summed E-state index contributed by atoms with van der Waals surface area (Å²) < 4.78 is 13.3. The zero-order valence-corrected chi connectivity index (χ0v) is 7.91. The number of halogens is 1. The zero-order valence-electron chi connectivity index (χ0n) is 7.91. The van der Waals surface area contributed by atoms with Crippen LogP contribution >= 0.6 is 0 Å². The first-order chi connectivity index (χ1) is 6.66. The third-order valence-corrected chi connectivity index (χ3v) is 2.67. The quantitative estimate of drug-likeness (QED) is 0.777. The normalized spacial score (nSPS) is 18.1. The van der Waals surface area contributed by atoms with Crippen LogP contribution in [-0.4, -0.2) is 5.11 Å². The fourth-order valence-electron chi connectivity index (χ4n) is 1.66. The van der Waals surface area contributed by atoms with Crippen molar-refractivity contribution in [2.24, 2.45) is 11.7 Å².